The van der Waals surface area contributed by atoms with Gasteiger partial charge in [0, 0.05) is 0 Å². The number of esters is 1. The molecule has 1 fully saturated rings. The van der Waals surface area contributed by atoms with Gasteiger partial charge in [-0.05, 0) is 25.9 Å². The van der Waals surface area contributed by atoms with Crippen LogP contribution in [0.4, 0.5) is 0 Å². The van der Waals surface area contributed by atoms with E-state index in [0.717, 1.165) is 25.9 Å². The van der Waals surface area contributed by atoms with E-state index in [1.807, 2.05) is 0 Å². The average Bonchev–Trinajstić information content (AvgIpc) is 2.18. The first-order valence-electron chi connectivity index (χ1n) is 4.79. The van der Waals surface area contributed by atoms with Gasteiger partial charge in [0.25, 0.3) is 0 Å². The lowest BCUT2D eigenvalue weighted by atomic mass is 9.99. The second-order valence-corrected chi connectivity index (χ2v) is 3.34. The second-order valence-electron chi connectivity index (χ2n) is 3.34. The van der Waals surface area contributed by atoms with Crippen molar-refractivity contribution in [2.24, 2.45) is 5.92 Å². The van der Waals surface area contributed by atoms with Crippen LogP contribution in [0.1, 0.15) is 19.3 Å². The summed E-state index contributed by atoms with van der Waals surface area (Å²) in [5, 5.41) is 11.5. The highest BCUT2D eigenvalue weighted by Crippen LogP contribution is 2.13. The third-order valence-electron chi connectivity index (χ3n) is 2.23. The summed E-state index contributed by atoms with van der Waals surface area (Å²) in [5.74, 6) is -1.25. The predicted molar refractivity (Wildman–Crippen MR) is 48.8 cm³/mol. The Morgan fingerprint density at radius 1 is 1.36 bits per heavy atom. The quantitative estimate of drug-likeness (QED) is 0.626. The minimum absolute atomic E-state index is 0.0158. The van der Waals surface area contributed by atoms with E-state index in [-0.39, 0.29) is 24.9 Å². The minimum Gasteiger partial charge on any atom is -0.481 e. The van der Waals surface area contributed by atoms with Crippen LogP contribution in [0.3, 0.4) is 0 Å². The Morgan fingerprint density at radius 3 is 2.57 bits per heavy atom. The van der Waals surface area contributed by atoms with Gasteiger partial charge in [-0.25, -0.2) is 0 Å². The summed E-state index contributed by atoms with van der Waals surface area (Å²) in [6.07, 6.45) is 1.45. The molecule has 0 aliphatic carbocycles. The molecule has 0 aromatic rings. The summed E-state index contributed by atoms with van der Waals surface area (Å²) in [7, 11) is 0. The van der Waals surface area contributed by atoms with Crippen LogP contribution >= 0.6 is 0 Å². The topological polar surface area (TPSA) is 75.6 Å². The molecule has 0 saturated carbocycles. The molecule has 0 bridgehead atoms. The SMILES string of the molecule is O=C(O)CCOC(=O)C1CCNCC1. The van der Waals surface area contributed by atoms with Crippen LogP contribution in [-0.2, 0) is 14.3 Å². The Kier molecular flexibility index (Phi) is 4.39. The van der Waals surface area contributed by atoms with E-state index in [0.29, 0.717) is 0 Å². The summed E-state index contributed by atoms with van der Waals surface area (Å²) in [5.41, 5.74) is 0. The van der Waals surface area contributed by atoms with E-state index in [1.54, 1.807) is 0 Å². The van der Waals surface area contributed by atoms with Gasteiger partial charge in [0.2, 0.25) is 0 Å². The van der Waals surface area contributed by atoms with E-state index in [1.165, 1.54) is 0 Å². The van der Waals surface area contributed by atoms with Crippen LogP contribution in [0.15, 0.2) is 0 Å². The lowest BCUT2D eigenvalue weighted by molar-refractivity contribution is -0.151. The second kappa shape index (κ2) is 5.59. The first kappa shape index (κ1) is 11.0. The molecule has 0 radical (unpaired) electrons. The van der Waals surface area contributed by atoms with E-state index >= 15 is 0 Å². The van der Waals surface area contributed by atoms with Crippen LogP contribution in [0, 0.1) is 5.92 Å². The van der Waals surface area contributed by atoms with Crippen LogP contribution in [-0.4, -0.2) is 36.7 Å². The largest absolute Gasteiger partial charge is 0.481 e. The zero-order chi connectivity index (χ0) is 10.4. The Bertz CT molecular complexity index is 211. The monoisotopic (exact) mass is 201 g/mol. The molecule has 1 aliphatic heterocycles. The van der Waals surface area contributed by atoms with Gasteiger partial charge in [-0.15, -0.1) is 0 Å². The summed E-state index contributed by atoms with van der Waals surface area (Å²) in [6, 6.07) is 0. The molecular formula is C9H15NO4. The molecule has 2 N–H and O–H groups in total. The highest BCUT2D eigenvalue weighted by Gasteiger charge is 2.22. The maximum atomic E-state index is 11.3. The Labute approximate surface area is 82.4 Å². The molecule has 1 saturated heterocycles. The van der Waals surface area contributed by atoms with Crippen molar-refractivity contribution < 1.29 is 19.4 Å². The fourth-order valence-electron chi connectivity index (χ4n) is 1.41. The zero-order valence-electron chi connectivity index (χ0n) is 7.99. The van der Waals surface area contributed by atoms with Gasteiger partial charge in [0.15, 0.2) is 0 Å². The molecular weight excluding hydrogens is 186 g/mol. The van der Waals surface area contributed by atoms with Gasteiger partial charge in [-0.1, -0.05) is 0 Å². The fraction of sp³-hybridized carbons (Fsp3) is 0.778. The molecule has 0 aromatic carbocycles. The Balaban J connectivity index is 2.16. The van der Waals surface area contributed by atoms with Crippen LogP contribution in [0.5, 0.6) is 0 Å². The molecule has 0 unspecified atom stereocenters. The van der Waals surface area contributed by atoms with Crippen LogP contribution < -0.4 is 5.32 Å². The number of hydrogen-bond donors (Lipinski definition) is 2. The van der Waals surface area contributed by atoms with Crippen molar-refractivity contribution in [2.45, 2.75) is 19.3 Å². The molecule has 1 rings (SSSR count). The van der Waals surface area contributed by atoms with Gasteiger partial charge in [0.05, 0.1) is 12.3 Å². The molecule has 0 atom stereocenters. The molecule has 1 heterocycles. The van der Waals surface area contributed by atoms with Crippen molar-refractivity contribution in [2.75, 3.05) is 19.7 Å². The molecule has 1 aliphatic rings. The highest BCUT2D eigenvalue weighted by atomic mass is 16.5. The first-order chi connectivity index (χ1) is 6.70. The smallest absolute Gasteiger partial charge is 0.309 e. The van der Waals surface area contributed by atoms with Crippen molar-refractivity contribution >= 4 is 11.9 Å². The molecule has 5 nitrogen and oxygen atoms in total. The maximum Gasteiger partial charge on any atom is 0.309 e. The number of carbonyl (C=O) groups is 2. The molecule has 5 heteroatoms. The van der Waals surface area contributed by atoms with Gasteiger partial charge < -0.3 is 15.2 Å². The van der Waals surface area contributed by atoms with Crippen molar-refractivity contribution in [3.63, 3.8) is 0 Å². The minimum atomic E-state index is -0.942. The number of carboxylic acid groups (broad SMARTS) is 1. The van der Waals surface area contributed by atoms with E-state index in [2.05, 4.69) is 5.32 Å². The van der Waals surface area contributed by atoms with Crippen LogP contribution in [0.2, 0.25) is 0 Å². The molecule has 0 spiro atoms. The lowest BCUT2D eigenvalue weighted by Crippen LogP contribution is -2.33. The van der Waals surface area contributed by atoms with Crippen molar-refractivity contribution in [3.8, 4) is 0 Å². The highest BCUT2D eigenvalue weighted by molar-refractivity contribution is 5.73. The number of carboxylic acids is 1. The van der Waals surface area contributed by atoms with Crippen molar-refractivity contribution in [3.05, 3.63) is 0 Å². The molecule has 0 amide bonds. The van der Waals surface area contributed by atoms with Crippen LogP contribution in [0.25, 0.3) is 0 Å². The van der Waals surface area contributed by atoms with Crippen molar-refractivity contribution in [1.82, 2.24) is 5.32 Å². The maximum absolute atomic E-state index is 11.3. The summed E-state index contributed by atoms with van der Waals surface area (Å²) >= 11 is 0. The normalized spacial score (nSPS) is 17.7. The summed E-state index contributed by atoms with van der Waals surface area (Å²) < 4.78 is 4.84. The standard InChI is InChI=1S/C9H15NO4/c11-8(12)3-6-14-9(13)7-1-4-10-5-2-7/h7,10H,1-6H2,(H,11,12). The third kappa shape index (κ3) is 3.74. The van der Waals surface area contributed by atoms with Crippen molar-refractivity contribution in [1.29, 1.82) is 0 Å². The Morgan fingerprint density at radius 2 is 2.00 bits per heavy atom. The van der Waals surface area contributed by atoms with Gasteiger partial charge in [-0.2, -0.15) is 0 Å². The third-order valence-corrected chi connectivity index (χ3v) is 2.23. The molecule has 0 aromatic heterocycles. The van der Waals surface area contributed by atoms with E-state index in [9.17, 15) is 9.59 Å². The predicted octanol–water partition coefficient (Wildman–Crippen LogP) is 0.00390. The Hall–Kier alpha value is -1.10. The number of hydrogen-bond acceptors (Lipinski definition) is 4. The van der Waals surface area contributed by atoms with Gasteiger partial charge in [0.1, 0.15) is 6.61 Å². The number of nitrogens with one attached hydrogen (secondary N) is 1. The number of aliphatic carboxylic acids is 1. The number of ether oxygens (including phenoxy) is 1. The first-order valence-corrected chi connectivity index (χ1v) is 4.79. The lowest BCUT2D eigenvalue weighted by Gasteiger charge is -2.20. The molecule has 14 heavy (non-hydrogen) atoms. The number of piperidine rings is 1. The van der Waals surface area contributed by atoms with Gasteiger partial charge >= 0.3 is 11.9 Å². The molecule has 80 valence electrons. The van der Waals surface area contributed by atoms with E-state index in [4.69, 9.17) is 9.84 Å². The fourth-order valence-corrected chi connectivity index (χ4v) is 1.41. The summed E-state index contributed by atoms with van der Waals surface area (Å²) in [4.78, 5) is 21.5. The number of carbonyl (C=O) groups excluding carboxylic acids is 1. The summed E-state index contributed by atoms with van der Waals surface area (Å²) in [6.45, 7) is 1.65. The number of rotatable bonds is 4. The average molecular weight is 201 g/mol. The van der Waals surface area contributed by atoms with Gasteiger partial charge in [-0.3, -0.25) is 9.59 Å². The zero-order valence-corrected chi connectivity index (χ0v) is 7.99. The van der Waals surface area contributed by atoms with E-state index < -0.39 is 5.97 Å².